The zero-order valence-electron chi connectivity index (χ0n) is 9.52. The number of amides is 1. The molecule has 1 amide bonds. The van der Waals surface area contributed by atoms with Crippen molar-refractivity contribution in [2.75, 3.05) is 0 Å². The predicted molar refractivity (Wildman–Crippen MR) is 74.0 cm³/mol. The van der Waals surface area contributed by atoms with Gasteiger partial charge in [0.1, 0.15) is 6.33 Å². The lowest BCUT2D eigenvalue weighted by molar-refractivity contribution is 0.0949. The van der Waals surface area contributed by atoms with Gasteiger partial charge < -0.3 is 5.32 Å². The van der Waals surface area contributed by atoms with Gasteiger partial charge in [-0.05, 0) is 34.1 Å². The molecule has 94 valence electrons. The number of benzene rings is 1. The van der Waals surface area contributed by atoms with Crippen LogP contribution in [0.4, 0.5) is 0 Å². The van der Waals surface area contributed by atoms with Gasteiger partial charge in [-0.3, -0.25) is 9.48 Å². The quantitative estimate of drug-likeness (QED) is 0.897. The van der Waals surface area contributed by atoms with Gasteiger partial charge in [0.2, 0.25) is 0 Å². The number of rotatable bonds is 3. The second kappa shape index (κ2) is 5.62. The number of hydrogen-bond acceptors (Lipinski definition) is 3. The first kappa shape index (κ1) is 13.2. The molecule has 5 nitrogen and oxygen atoms in total. The second-order valence-electron chi connectivity index (χ2n) is 3.64. The largest absolute Gasteiger partial charge is 0.345 e. The third-order valence-corrected chi connectivity index (χ3v) is 3.38. The Bertz CT molecular complexity index is 582. The van der Waals surface area contributed by atoms with E-state index in [0.29, 0.717) is 17.9 Å². The first-order valence-corrected chi connectivity index (χ1v) is 6.72. The molecule has 0 aliphatic heterocycles. The van der Waals surface area contributed by atoms with Gasteiger partial charge in [0.05, 0.1) is 12.1 Å². The molecule has 0 aliphatic rings. The molecule has 0 spiro atoms. The first-order chi connectivity index (χ1) is 8.56. The monoisotopic (exact) mass is 372 g/mol. The van der Waals surface area contributed by atoms with Crippen LogP contribution in [0.5, 0.6) is 0 Å². The molecule has 0 saturated heterocycles. The zero-order chi connectivity index (χ0) is 13.1. The highest BCUT2D eigenvalue weighted by Crippen LogP contribution is 2.21. The Morgan fingerprint density at radius 3 is 2.83 bits per heavy atom. The third-order valence-electron chi connectivity index (χ3n) is 2.23. The third kappa shape index (κ3) is 3.17. The van der Waals surface area contributed by atoms with Crippen LogP contribution in [0.15, 0.2) is 33.5 Å². The lowest BCUT2D eigenvalue weighted by Gasteiger charge is -2.05. The van der Waals surface area contributed by atoms with Gasteiger partial charge >= 0.3 is 0 Å². The van der Waals surface area contributed by atoms with E-state index in [2.05, 4.69) is 47.3 Å². The summed E-state index contributed by atoms with van der Waals surface area (Å²) < 4.78 is 3.25. The van der Waals surface area contributed by atoms with Crippen molar-refractivity contribution >= 4 is 37.8 Å². The van der Waals surface area contributed by atoms with Gasteiger partial charge in [-0.1, -0.05) is 15.9 Å². The Labute approximate surface area is 121 Å². The number of aryl methyl sites for hydroxylation is 1. The number of halogens is 2. The van der Waals surface area contributed by atoms with E-state index < -0.39 is 0 Å². The number of nitrogens with one attached hydrogen (secondary N) is 1. The van der Waals surface area contributed by atoms with E-state index >= 15 is 0 Å². The Morgan fingerprint density at radius 2 is 2.22 bits per heavy atom. The van der Waals surface area contributed by atoms with Crippen LogP contribution in [-0.2, 0) is 13.6 Å². The number of hydrogen-bond donors (Lipinski definition) is 1. The topological polar surface area (TPSA) is 59.8 Å². The van der Waals surface area contributed by atoms with E-state index in [1.54, 1.807) is 24.1 Å². The highest BCUT2D eigenvalue weighted by Gasteiger charge is 2.10. The summed E-state index contributed by atoms with van der Waals surface area (Å²) in [6, 6.07) is 5.39. The van der Waals surface area contributed by atoms with Gasteiger partial charge in [-0.15, -0.1) is 0 Å². The molecule has 0 unspecified atom stereocenters. The highest BCUT2D eigenvalue weighted by atomic mass is 79.9. The molecule has 1 aromatic carbocycles. The maximum absolute atomic E-state index is 11.9. The average molecular weight is 374 g/mol. The van der Waals surface area contributed by atoms with Gasteiger partial charge in [-0.25, -0.2) is 4.98 Å². The summed E-state index contributed by atoms with van der Waals surface area (Å²) >= 11 is 6.69. The molecule has 1 N–H and O–H groups in total. The molecular weight excluding hydrogens is 364 g/mol. The van der Waals surface area contributed by atoms with Crippen LogP contribution < -0.4 is 5.32 Å². The van der Waals surface area contributed by atoms with Crippen molar-refractivity contribution in [1.82, 2.24) is 20.1 Å². The van der Waals surface area contributed by atoms with Crippen molar-refractivity contribution in [3.8, 4) is 0 Å². The van der Waals surface area contributed by atoms with Crippen LogP contribution in [0.1, 0.15) is 16.2 Å². The first-order valence-electron chi connectivity index (χ1n) is 5.14. The van der Waals surface area contributed by atoms with Crippen LogP contribution in [0.3, 0.4) is 0 Å². The van der Waals surface area contributed by atoms with E-state index in [1.807, 2.05) is 12.1 Å². The Morgan fingerprint density at radius 1 is 1.44 bits per heavy atom. The van der Waals surface area contributed by atoms with Gasteiger partial charge in [0.15, 0.2) is 5.82 Å². The number of carbonyl (C=O) groups is 1. The fourth-order valence-electron chi connectivity index (χ4n) is 1.39. The molecule has 2 rings (SSSR count). The molecule has 0 saturated carbocycles. The number of nitrogens with zero attached hydrogens (tertiary/aromatic N) is 3. The van der Waals surface area contributed by atoms with Crippen LogP contribution >= 0.6 is 31.9 Å². The lowest BCUT2D eigenvalue weighted by atomic mass is 10.2. The maximum Gasteiger partial charge on any atom is 0.252 e. The molecule has 0 radical (unpaired) electrons. The Kier molecular flexibility index (Phi) is 4.13. The van der Waals surface area contributed by atoms with Crippen LogP contribution in [0.25, 0.3) is 0 Å². The fraction of sp³-hybridized carbons (Fsp3) is 0.182. The minimum absolute atomic E-state index is 0.165. The summed E-state index contributed by atoms with van der Waals surface area (Å²) in [5, 5.41) is 6.85. The Hall–Kier alpha value is -1.21. The SMILES string of the molecule is Cn1cnc(CNC(=O)c2ccc(Br)cc2Br)n1. The lowest BCUT2D eigenvalue weighted by Crippen LogP contribution is -2.23. The average Bonchev–Trinajstić information content (AvgIpc) is 2.72. The summed E-state index contributed by atoms with van der Waals surface area (Å²) in [6.07, 6.45) is 1.59. The van der Waals surface area contributed by atoms with Crippen molar-refractivity contribution in [2.24, 2.45) is 7.05 Å². The van der Waals surface area contributed by atoms with Crippen molar-refractivity contribution in [1.29, 1.82) is 0 Å². The molecule has 7 heteroatoms. The summed E-state index contributed by atoms with van der Waals surface area (Å²) in [6.45, 7) is 0.308. The summed E-state index contributed by atoms with van der Waals surface area (Å²) in [4.78, 5) is 16.0. The normalized spacial score (nSPS) is 10.4. The van der Waals surface area contributed by atoms with Crippen LogP contribution in [-0.4, -0.2) is 20.7 Å². The number of carbonyl (C=O) groups excluding carboxylic acids is 1. The molecule has 0 bridgehead atoms. The van der Waals surface area contributed by atoms with Gasteiger partial charge in [-0.2, -0.15) is 5.10 Å². The molecule has 0 atom stereocenters. The summed E-state index contributed by atoms with van der Waals surface area (Å²) in [5.41, 5.74) is 0.578. The minimum Gasteiger partial charge on any atom is -0.345 e. The molecule has 1 aromatic heterocycles. The molecule has 18 heavy (non-hydrogen) atoms. The van der Waals surface area contributed by atoms with Crippen molar-refractivity contribution < 1.29 is 4.79 Å². The molecule has 1 heterocycles. The van der Waals surface area contributed by atoms with Crippen molar-refractivity contribution in [3.63, 3.8) is 0 Å². The van der Waals surface area contributed by atoms with Crippen LogP contribution in [0, 0.1) is 0 Å². The molecule has 0 aliphatic carbocycles. The Balaban J connectivity index is 2.03. The standard InChI is InChI=1S/C11H10Br2N4O/c1-17-6-15-10(16-17)5-14-11(18)8-3-2-7(12)4-9(8)13/h2-4,6H,5H2,1H3,(H,14,18). The summed E-state index contributed by atoms with van der Waals surface area (Å²) in [5.74, 6) is 0.418. The van der Waals surface area contributed by atoms with E-state index in [4.69, 9.17) is 0 Å². The van der Waals surface area contributed by atoms with Gasteiger partial charge in [0.25, 0.3) is 5.91 Å². The van der Waals surface area contributed by atoms with Crippen LogP contribution in [0.2, 0.25) is 0 Å². The second-order valence-corrected chi connectivity index (χ2v) is 5.41. The number of aromatic nitrogens is 3. The zero-order valence-corrected chi connectivity index (χ0v) is 12.7. The van der Waals surface area contributed by atoms with E-state index in [1.165, 1.54) is 0 Å². The molecular formula is C11H10Br2N4O. The minimum atomic E-state index is -0.165. The van der Waals surface area contributed by atoms with E-state index in [9.17, 15) is 4.79 Å². The fourth-order valence-corrected chi connectivity index (χ4v) is 2.62. The van der Waals surface area contributed by atoms with Crippen molar-refractivity contribution in [2.45, 2.75) is 6.54 Å². The smallest absolute Gasteiger partial charge is 0.252 e. The highest BCUT2D eigenvalue weighted by molar-refractivity contribution is 9.11. The predicted octanol–water partition coefficient (Wildman–Crippen LogP) is 2.27. The maximum atomic E-state index is 11.9. The molecule has 2 aromatic rings. The van der Waals surface area contributed by atoms with Gasteiger partial charge in [0, 0.05) is 16.0 Å². The van der Waals surface area contributed by atoms with E-state index in [0.717, 1.165) is 8.95 Å². The van der Waals surface area contributed by atoms with E-state index in [-0.39, 0.29) is 5.91 Å². The molecule has 0 fully saturated rings. The van der Waals surface area contributed by atoms with Crippen molar-refractivity contribution in [3.05, 3.63) is 44.9 Å². The summed E-state index contributed by atoms with van der Waals surface area (Å²) in [7, 11) is 1.78.